The topological polar surface area (TPSA) is 76.4 Å². The van der Waals surface area contributed by atoms with Gasteiger partial charge >= 0.3 is 5.97 Å². The summed E-state index contributed by atoms with van der Waals surface area (Å²) in [6.07, 6.45) is -0.0391. The fraction of sp³-hybridized carbons (Fsp3) is 0.357. The van der Waals surface area contributed by atoms with Gasteiger partial charge in [0.1, 0.15) is 6.61 Å². The van der Waals surface area contributed by atoms with Crippen LogP contribution in [0.25, 0.3) is 0 Å². The van der Waals surface area contributed by atoms with Crippen LogP contribution in [0.2, 0.25) is 0 Å². The lowest BCUT2D eigenvalue weighted by molar-refractivity contribution is -0.144. The van der Waals surface area contributed by atoms with Crippen molar-refractivity contribution in [2.45, 2.75) is 19.8 Å². The number of benzene rings is 1. The number of esters is 1. The van der Waals surface area contributed by atoms with E-state index in [1.54, 1.807) is 13.0 Å². The molecule has 0 N–H and O–H groups in total. The van der Waals surface area contributed by atoms with Crippen molar-refractivity contribution in [3.8, 4) is 11.8 Å². The lowest BCUT2D eigenvalue weighted by Gasteiger charge is -2.06. The summed E-state index contributed by atoms with van der Waals surface area (Å²) in [7, 11) is 0. The Bertz CT molecular complexity index is 536. The van der Waals surface area contributed by atoms with Gasteiger partial charge in [0.15, 0.2) is 17.3 Å². The Morgan fingerprint density at radius 1 is 1.35 bits per heavy atom. The summed E-state index contributed by atoms with van der Waals surface area (Å²) in [4.78, 5) is 22.5. The highest BCUT2D eigenvalue weighted by Crippen LogP contribution is 2.18. The molecule has 1 aromatic rings. The summed E-state index contributed by atoms with van der Waals surface area (Å²) in [6.45, 7) is 1.61. The van der Waals surface area contributed by atoms with Gasteiger partial charge in [0.2, 0.25) is 0 Å². The number of rotatable bonds is 7. The van der Waals surface area contributed by atoms with E-state index in [4.69, 9.17) is 10.00 Å². The van der Waals surface area contributed by atoms with Crippen LogP contribution in [0.1, 0.15) is 25.3 Å². The predicted molar refractivity (Wildman–Crippen MR) is 67.5 cm³/mol. The fourth-order valence-electron chi connectivity index (χ4n) is 1.39. The van der Waals surface area contributed by atoms with Gasteiger partial charge in [-0.05, 0) is 25.1 Å². The summed E-state index contributed by atoms with van der Waals surface area (Å²) in [5.41, 5.74) is 0.170. The number of carbonyl (C=O) groups is 2. The van der Waals surface area contributed by atoms with E-state index in [0.717, 1.165) is 6.07 Å². The van der Waals surface area contributed by atoms with Gasteiger partial charge in [0.05, 0.1) is 24.7 Å². The van der Waals surface area contributed by atoms with E-state index in [-0.39, 0.29) is 43.2 Å². The molecule has 0 saturated heterocycles. The Morgan fingerprint density at radius 3 is 2.70 bits per heavy atom. The van der Waals surface area contributed by atoms with Gasteiger partial charge in [0.25, 0.3) is 0 Å². The largest absolute Gasteiger partial charge is 0.483 e. The van der Waals surface area contributed by atoms with Gasteiger partial charge in [-0.2, -0.15) is 5.26 Å². The first-order chi connectivity index (χ1) is 9.56. The Hall–Kier alpha value is -2.42. The molecule has 0 amide bonds. The number of carbonyl (C=O) groups excluding carboxylic acids is 2. The van der Waals surface area contributed by atoms with E-state index in [1.807, 2.05) is 0 Å². The van der Waals surface area contributed by atoms with Gasteiger partial charge < -0.3 is 9.47 Å². The second-order valence-corrected chi connectivity index (χ2v) is 3.89. The molecule has 0 heterocycles. The number of Topliss-reactive ketones (excluding diaryl/α,β-unsaturated/α-hetero) is 1. The molecule has 0 saturated carbocycles. The van der Waals surface area contributed by atoms with E-state index >= 15 is 0 Å². The molecule has 1 rings (SSSR count). The van der Waals surface area contributed by atoms with E-state index < -0.39 is 11.8 Å². The molecule has 0 aromatic heterocycles. The number of hydrogen-bond donors (Lipinski definition) is 0. The molecular formula is C14H14FNO4. The molecule has 0 aliphatic heterocycles. The van der Waals surface area contributed by atoms with E-state index in [0.29, 0.717) is 0 Å². The van der Waals surface area contributed by atoms with Crippen molar-refractivity contribution < 1.29 is 23.5 Å². The predicted octanol–water partition coefficient (Wildman–Crippen LogP) is 1.99. The van der Waals surface area contributed by atoms with Crippen LogP contribution >= 0.6 is 0 Å². The third kappa shape index (κ3) is 5.06. The van der Waals surface area contributed by atoms with Crippen LogP contribution in [-0.2, 0) is 14.3 Å². The zero-order chi connectivity index (χ0) is 15.0. The van der Waals surface area contributed by atoms with Crippen molar-refractivity contribution in [1.82, 2.24) is 0 Å². The second-order valence-electron chi connectivity index (χ2n) is 3.89. The first-order valence-corrected chi connectivity index (χ1v) is 6.06. The van der Waals surface area contributed by atoms with Crippen molar-refractivity contribution in [3.05, 3.63) is 29.6 Å². The van der Waals surface area contributed by atoms with Crippen LogP contribution in [0.4, 0.5) is 4.39 Å². The van der Waals surface area contributed by atoms with Gasteiger partial charge in [-0.3, -0.25) is 9.59 Å². The molecule has 106 valence electrons. The highest BCUT2D eigenvalue weighted by molar-refractivity contribution is 5.84. The first kappa shape index (κ1) is 15.6. The third-order valence-corrected chi connectivity index (χ3v) is 2.36. The highest BCUT2D eigenvalue weighted by atomic mass is 19.1. The van der Waals surface area contributed by atoms with Gasteiger partial charge in [-0.25, -0.2) is 4.39 Å². The number of nitrogens with zero attached hydrogens (tertiary/aromatic N) is 1. The van der Waals surface area contributed by atoms with Crippen LogP contribution in [0, 0.1) is 17.1 Å². The average Bonchev–Trinajstić information content (AvgIpc) is 2.44. The monoisotopic (exact) mass is 279 g/mol. The van der Waals surface area contributed by atoms with Crippen molar-refractivity contribution in [2.75, 3.05) is 13.2 Å². The van der Waals surface area contributed by atoms with Crippen LogP contribution in [-0.4, -0.2) is 25.0 Å². The average molecular weight is 279 g/mol. The Labute approximate surface area is 115 Å². The van der Waals surface area contributed by atoms with Crippen LogP contribution in [0.15, 0.2) is 18.2 Å². The molecule has 0 atom stereocenters. The number of nitriles is 1. The van der Waals surface area contributed by atoms with Crippen LogP contribution < -0.4 is 4.74 Å². The van der Waals surface area contributed by atoms with E-state index in [1.165, 1.54) is 12.1 Å². The number of hydrogen-bond acceptors (Lipinski definition) is 5. The smallest absolute Gasteiger partial charge is 0.306 e. The molecule has 5 nitrogen and oxygen atoms in total. The molecule has 0 aliphatic carbocycles. The number of ether oxygens (including phenoxy) is 2. The van der Waals surface area contributed by atoms with Crippen LogP contribution in [0.3, 0.4) is 0 Å². The molecule has 20 heavy (non-hydrogen) atoms. The van der Waals surface area contributed by atoms with Crippen molar-refractivity contribution in [2.24, 2.45) is 0 Å². The van der Waals surface area contributed by atoms with Crippen LogP contribution in [0.5, 0.6) is 5.75 Å². The zero-order valence-electron chi connectivity index (χ0n) is 11.0. The van der Waals surface area contributed by atoms with Gasteiger partial charge in [-0.1, -0.05) is 0 Å². The summed E-state index contributed by atoms with van der Waals surface area (Å²) in [6, 6.07) is 5.49. The third-order valence-electron chi connectivity index (χ3n) is 2.36. The summed E-state index contributed by atoms with van der Waals surface area (Å²) < 4.78 is 23.1. The van der Waals surface area contributed by atoms with Crippen molar-refractivity contribution >= 4 is 11.8 Å². The maximum absolute atomic E-state index is 13.4. The standard InChI is InChI=1S/C14H14FNO4/c1-2-19-14(18)6-4-11(17)9-20-13-5-3-10(8-16)7-12(13)15/h3,5,7H,2,4,6,9H2,1H3. The fourth-order valence-corrected chi connectivity index (χ4v) is 1.39. The molecular weight excluding hydrogens is 265 g/mol. The van der Waals surface area contributed by atoms with Crippen molar-refractivity contribution in [1.29, 1.82) is 5.26 Å². The molecule has 0 spiro atoms. The summed E-state index contributed by atoms with van der Waals surface area (Å²) in [5, 5.41) is 8.58. The highest BCUT2D eigenvalue weighted by Gasteiger charge is 2.10. The number of halogens is 1. The van der Waals surface area contributed by atoms with E-state index in [9.17, 15) is 14.0 Å². The Balaban J connectivity index is 2.41. The Kier molecular flexibility index (Phi) is 6.17. The normalized spacial score (nSPS) is 9.65. The number of ketones is 1. The lowest BCUT2D eigenvalue weighted by atomic mass is 10.2. The first-order valence-electron chi connectivity index (χ1n) is 6.06. The maximum Gasteiger partial charge on any atom is 0.306 e. The SMILES string of the molecule is CCOC(=O)CCC(=O)COc1ccc(C#N)cc1F. The Morgan fingerprint density at radius 2 is 2.10 bits per heavy atom. The second kappa shape index (κ2) is 7.89. The van der Waals surface area contributed by atoms with Crippen molar-refractivity contribution in [3.63, 3.8) is 0 Å². The summed E-state index contributed by atoms with van der Waals surface area (Å²) >= 11 is 0. The van der Waals surface area contributed by atoms with E-state index in [2.05, 4.69) is 4.74 Å². The quantitative estimate of drug-likeness (QED) is 0.713. The lowest BCUT2D eigenvalue weighted by Crippen LogP contribution is -2.14. The minimum absolute atomic E-state index is 0.0171. The molecule has 0 unspecified atom stereocenters. The molecule has 0 fully saturated rings. The minimum Gasteiger partial charge on any atom is -0.483 e. The van der Waals surface area contributed by atoms with Gasteiger partial charge in [-0.15, -0.1) is 0 Å². The summed E-state index contributed by atoms with van der Waals surface area (Å²) in [5.74, 6) is -1.59. The molecule has 0 radical (unpaired) electrons. The zero-order valence-corrected chi connectivity index (χ0v) is 11.0. The molecule has 0 aliphatic rings. The van der Waals surface area contributed by atoms with Gasteiger partial charge in [0, 0.05) is 6.42 Å². The molecule has 0 bridgehead atoms. The molecule has 6 heteroatoms. The molecule has 1 aromatic carbocycles. The minimum atomic E-state index is -0.706. The maximum atomic E-state index is 13.4.